The first-order chi connectivity index (χ1) is 13.8. The highest BCUT2D eigenvalue weighted by Gasteiger charge is 2.26. The molecular formula is C23H35N3O2. The van der Waals surface area contributed by atoms with E-state index >= 15 is 0 Å². The fourth-order valence-electron chi connectivity index (χ4n) is 4.82. The van der Waals surface area contributed by atoms with E-state index in [1.54, 1.807) is 0 Å². The van der Waals surface area contributed by atoms with Crippen molar-refractivity contribution < 1.29 is 9.47 Å². The Morgan fingerprint density at radius 2 is 2.04 bits per heavy atom. The standard InChI is InChI=1S/C23H35N3O2/c1-24-23(25-16-19-10-9-18-6-2-3-8-22(18)19)26-13-11-20(12-14-26)28-17-21-7-4-5-15-27-21/h2-3,6,8,19-21H,4-5,7,9-17H2,1H3,(H,24,25). The largest absolute Gasteiger partial charge is 0.376 e. The van der Waals surface area contributed by atoms with Crippen molar-refractivity contribution in [2.24, 2.45) is 4.99 Å². The number of benzene rings is 1. The van der Waals surface area contributed by atoms with E-state index in [0.29, 0.717) is 18.1 Å². The molecule has 0 aromatic heterocycles. The lowest BCUT2D eigenvalue weighted by Gasteiger charge is -2.35. The second-order valence-electron chi connectivity index (χ2n) is 8.37. The number of fused-ring (bicyclic) bond motifs is 1. The van der Waals surface area contributed by atoms with Crippen molar-refractivity contribution in [1.29, 1.82) is 0 Å². The summed E-state index contributed by atoms with van der Waals surface area (Å²) in [7, 11) is 1.90. The summed E-state index contributed by atoms with van der Waals surface area (Å²) in [5, 5.41) is 3.64. The molecule has 0 spiro atoms. The molecule has 0 saturated carbocycles. The van der Waals surface area contributed by atoms with Crippen molar-refractivity contribution in [2.75, 3.05) is 39.9 Å². The molecule has 1 N–H and O–H groups in total. The van der Waals surface area contributed by atoms with Crippen LogP contribution in [-0.4, -0.2) is 63.0 Å². The second-order valence-corrected chi connectivity index (χ2v) is 8.37. The van der Waals surface area contributed by atoms with Crippen LogP contribution in [0.2, 0.25) is 0 Å². The molecule has 28 heavy (non-hydrogen) atoms. The maximum absolute atomic E-state index is 6.15. The van der Waals surface area contributed by atoms with Crippen LogP contribution in [0.25, 0.3) is 0 Å². The van der Waals surface area contributed by atoms with Crippen molar-refractivity contribution in [1.82, 2.24) is 10.2 Å². The summed E-state index contributed by atoms with van der Waals surface area (Å²) in [4.78, 5) is 6.93. The smallest absolute Gasteiger partial charge is 0.193 e. The first-order valence-electron chi connectivity index (χ1n) is 11.1. The van der Waals surface area contributed by atoms with E-state index in [-0.39, 0.29) is 0 Å². The quantitative estimate of drug-likeness (QED) is 0.624. The SMILES string of the molecule is CN=C(NCC1CCc2ccccc21)N1CCC(OCC2CCCCO2)CC1. The minimum absolute atomic E-state index is 0.315. The Hall–Kier alpha value is -1.59. The highest BCUT2D eigenvalue weighted by molar-refractivity contribution is 5.80. The van der Waals surface area contributed by atoms with Gasteiger partial charge in [-0.25, -0.2) is 0 Å². The average molecular weight is 386 g/mol. The molecule has 2 fully saturated rings. The number of hydrogen-bond acceptors (Lipinski definition) is 3. The van der Waals surface area contributed by atoms with Crippen LogP contribution >= 0.6 is 0 Å². The molecule has 1 aliphatic carbocycles. The van der Waals surface area contributed by atoms with Gasteiger partial charge in [0.15, 0.2) is 5.96 Å². The Bertz CT molecular complexity index is 649. The average Bonchev–Trinajstić information content (AvgIpc) is 3.17. The maximum Gasteiger partial charge on any atom is 0.193 e. The van der Waals surface area contributed by atoms with Crippen LogP contribution in [-0.2, 0) is 15.9 Å². The molecule has 2 atom stereocenters. The normalized spacial score (nSPS) is 26.3. The number of hydrogen-bond donors (Lipinski definition) is 1. The van der Waals surface area contributed by atoms with Gasteiger partial charge in [-0.1, -0.05) is 24.3 Å². The number of likely N-dealkylation sites (tertiary alicyclic amines) is 1. The number of guanidine groups is 1. The molecule has 0 radical (unpaired) electrons. The van der Waals surface area contributed by atoms with E-state index in [9.17, 15) is 0 Å². The predicted octanol–water partition coefficient (Wildman–Crippen LogP) is 3.34. The first kappa shape index (κ1) is 19.7. The summed E-state index contributed by atoms with van der Waals surface area (Å²) in [6.07, 6.45) is 8.89. The van der Waals surface area contributed by atoms with E-state index in [2.05, 4.69) is 39.5 Å². The van der Waals surface area contributed by atoms with Crippen molar-refractivity contribution in [3.8, 4) is 0 Å². The van der Waals surface area contributed by atoms with Gasteiger partial charge in [0.05, 0.1) is 18.8 Å². The second kappa shape index (κ2) is 9.75. The Balaban J connectivity index is 1.20. The van der Waals surface area contributed by atoms with Gasteiger partial charge in [0.1, 0.15) is 0 Å². The van der Waals surface area contributed by atoms with Crippen LogP contribution in [0.15, 0.2) is 29.3 Å². The van der Waals surface area contributed by atoms with E-state index < -0.39 is 0 Å². The maximum atomic E-state index is 6.15. The monoisotopic (exact) mass is 385 g/mol. The zero-order chi connectivity index (χ0) is 19.2. The van der Waals surface area contributed by atoms with Crippen molar-refractivity contribution in [2.45, 2.75) is 63.1 Å². The molecule has 3 aliphatic rings. The number of aliphatic imine (C=N–C) groups is 1. The van der Waals surface area contributed by atoms with Crippen LogP contribution in [0.5, 0.6) is 0 Å². The molecule has 2 aliphatic heterocycles. The van der Waals surface area contributed by atoms with E-state index in [0.717, 1.165) is 58.1 Å². The van der Waals surface area contributed by atoms with Gasteiger partial charge >= 0.3 is 0 Å². The molecule has 154 valence electrons. The molecule has 4 rings (SSSR count). The third-order valence-corrected chi connectivity index (χ3v) is 6.51. The van der Waals surface area contributed by atoms with Crippen LogP contribution in [0.3, 0.4) is 0 Å². The fraction of sp³-hybridized carbons (Fsp3) is 0.696. The van der Waals surface area contributed by atoms with Gasteiger partial charge in [-0.05, 0) is 56.1 Å². The Morgan fingerprint density at radius 3 is 2.82 bits per heavy atom. The summed E-state index contributed by atoms with van der Waals surface area (Å²) in [5.74, 6) is 1.64. The number of piperidine rings is 1. The van der Waals surface area contributed by atoms with Gasteiger partial charge in [-0.2, -0.15) is 0 Å². The van der Waals surface area contributed by atoms with Crippen molar-refractivity contribution in [3.05, 3.63) is 35.4 Å². The van der Waals surface area contributed by atoms with Gasteiger partial charge in [0.25, 0.3) is 0 Å². The van der Waals surface area contributed by atoms with Gasteiger partial charge in [-0.15, -0.1) is 0 Å². The van der Waals surface area contributed by atoms with Gasteiger partial charge in [0.2, 0.25) is 0 Å². The first-order valence-corrected chi connectivity index (χ1v) is 11.1. The number of ether oxygens (including phenoxy) is 2. The summed E-state index contributed by atoms with van der Waals surface area (Å²) in [6.45, 7) is 4.66. The van der Waals surface area contributed by atoms with Crippen LogP contribution in [0, 0.1) is 0 Å². The van der Waals surface area contributed by atoms with Crippen molar-refractivity contribution in [3.63, 3.8) is 0 Å². The minimum Gasteiger partial charge on any atom is -0.376 e. The number of aryl methyl sites for hydroxylation is 1. The van der Waals surface area contributed by atoms with Crippen LogP contribution in [0.1, 0.15) is 55.6 Å². The Labute approximate surface area is 169 Å². The molecule has 2 heterocycles. The molecule has 5 nitrogen and oxygen atoms in total. The topological polar surface area (TPSA) is 46.1 Å². The summed E-state index contributed by atoms with van der Waals surface area (Å²) >= 11 is 0. The van der Waals surface area contributed by atoms with Crippen LogP contribution in [0.4, 0.5) is 0 Å². The number of nitrogens with zero attached hydrogens (tertiary/aromatic N) is 2. The molecule has 2 saturated heterocycles. The molecule has 2 unspecified atom stereocenters. The third kappa shape index (κ3) is 4.87. The van der Waals surface area contributed by atoms with Crippen LogP contribution < -0.4 is 5.32 Å². The lowest BCUT2D eigenvalue weighted by atomic mass is 10.0. The van der Waals surface area contributed by atoms with Gasteiger partial charge in [-0.3, -0.25) is 4.99 Å². The lowest BCUT2D eigenvalue weighted by molar-refractivity contribution is -0.0721. The van der Waals surface area contributed by atoms with E-state index in [1.807, 2.05) is 7.05 Å². The Kier molecular flexibility index (Phi) is 6.86. The summed E-state index contributed by atoms with van der Waals surface area (Å²) in [5.41, 5.74) is 3.03. The molecular weight excluding hydrogens is 350 g/mol. The highest BCUT2D eigenvalue weighted by atomic mass is 16.5. The predicted molar refractivity (Wildman–Crippen MR) is 113 cm³/mol. The zero-order valence-corrected chi connectivity index (χ0v) is 17.2. The molecule has 1 aromatic rings. The van der Waals surface area contributed by atoms with E-state index in [1.165, 1.54) is 36.8 Å². The molecule has 0 amide bonds. The Morgan fingerprint density at radius 1 is 1.18 bits per heavy atom. The lowest BCUT2D eigenvalue weighted by Crippen LogP contribution is -2.48. The number of nitrogens with one attached hydrogen (secondary N) is 1. The molecule has 1 aromatic carbocycles. The van der Waals surface area contributed by atoms with E-state index in [4.69, 9.17) is 9.47 Å². The molecule has 0 bridgehead atoms. The number of rotatable bonds is 5. The molecule has 5 heteroatoms. The van der Waals surface area contributed by atoms with Gasteiger partial charge in [0, 0.05) is 39.2 Å². The third-order valence-electron chi connectivity index (χ3n) is 6.51. The van der Waals surface area contributed by atoms with Gasteiger partial charge < -0.3 is 19.7 Å². The minimum atomic E-state index is 0.315. The summed E-state index contributed by atoms with van der Waals surface area (Å²) < 4.78 is 11.9. The highest BCUT2D eigenvalue weighted by Crippen LogP contribution is 2.32. The fourth-order valence-corrected chi connectivity index (χ4v) is 4.82. The summed E-state index contributed by atoms with van der Waals surface area (Å²) in [6, 6.07) is 8.87. The zero-order valence-electron chi connectivity index (χ0n) is 17.2. The van der Waals surface area contributed by atoms with Crippen molar-refractivity contribution >= 4 is 5.96 Å².